The molecule has 0 radical (unpaired) electrons. The van der Waals surface area contributed by atoms with Gasteiger partial charge in [0.2, 0.25) is 0 Å². The van der Waals surface area contributed by atoms with Crippen LogP contribution >= 0.6 is 0 Å². The summed E-state index contributed by atoms with van der Waals surface area (Å²) in [6.45, 7) is 11.4. The average molecular weight is 427 g/mol. The van der Waals surface area contributed by atoms with Crippen molar-refractivity contribution in [3.8, 4) is 0 Å². The molecular weight excluding hydrogens is 388 g/mol. The van der Waals surface area contributed by atoms with Crippen LogP contribution in [0.25, 0.3) is 0 Å². The summed E-state index contributed by atoms with van der Waals surface area (Å²) in [5, 5.41) is 0. The molecule has 4 rings (SSSR count). The van der Waals surface area contributed by atoms with Crippen molar-refractivity contribution in [2.75, 3.05) is 0 Å². The van der Waals surface area contributed by atoms with Crippen molar-refractivity contribution < 1.29 is 4.79 Å². The van der Waals surface area contributed by atoms with Crippen LogP contribution in [0.15, 0.2) is 121 Å². The van der Waals surface area contributed by atoms with Gasteiger partial charge in [-0.25, -0.2) is 0 Å². The van der Waals surface area contributed by atoms with Crippen molar-refractivity contribution >= 4 is 5.78 Å². The topological polar surface area (TPSA) is 17.1 Å². The molecule has 0 saturated heterocycles. The molecule has 0 fully saturated rings. The molecule has 168 valence electrons. The lowest BCUT2D eigenvalue weighted by Crippen LogP contribution is -1.69. The number of carbonyl (C=O) groups is 1. The van der Waals surface area contributed by atoms with Crippen LogP contribution in [0, 0.1) is 27.7 Å². The number of carbonyl (C=O) groups excluding carboxylic acids is 1. The second-order valence-corrected chi connectivity index (χ2v) is 7.53. The standard InChI is InChI=1S/4C7H8.C3H6O/c4*1-7-5-3-2-4-6-7;1-3(2)4/h4*2-6H,1H3;1-2H3. The van der Waals surface area contributed by atoms with Gasteiger partial charge in [0.25, 0.3) is 0 Å². The third kappa shape index (κ3) is 21.3. The Labute approximate surface area is 195 Å². The minimum atomic E-state index is 0.167. The van der Waals surface area contributed by atoms with Gasteiger partial charge in [-0.05, 0) is 41.5 Å². The highest BCUT2D eigenvalue weighted by Crippen LogP contribution is 1.94. The fourth-order valence-corrected chi connectivity index (χ4v) is 2.14. The van der Waals surface area contributed by atoms with Crippen LogP contribution in [0.3, 0.4) is 0 Å². The van der Waals surface area contributed by atoms with E-state index in [0.717, 1.165) is 0 Å². The molecule has 0 N–H and O–H groups in total. The predicted octanol–water partition coefficient (Wildman–Crippen LogP) is 8.58. The number of Topliss-reactive ketones (excluding diaryl/α,β-unsaturated/α-hetero) is 1. The van der Waals surface area contributed by atoms with Crippen LogP contribution in [0.5, 0.6) is 0 Å². The molecule has 4 aromatic rings. The maximum atomic E-state index is 9.44. The molecule has 1 heteroatoms. The number of benzene rings is 4. The third-order valence-electron chi connectivity index (χ3n) is 3.76. The van der Waals surface area contributed by atoms with Gasteiger partial charge in [-0.2, -0.15) is 0 Å². The monoisotopic (exact) mass is 426 g/mol. The van der Waals surface area contributed by atoms with E-state index in [2.05, 4.69) is 76.2 Å². The Balaban J connectivity index is 0.000000380. The molecule has 0 bridgehead atoms. The zero-order chi connectivity index (χ0) is 24.0. The Kier molecular flexibility index (Phi) is 17.4. The van der Waals surface area contributed by atoms with E-state index in [1.807, 2.05) is 72.8 Å². The van der Waals surface area contributed by atoms with Gasteiger partial charge in [0.15, 0.2) is 0 Å². The molecule has 0 atom stereocenters. The summed E-state index contributed by atoms with van der Waals surface area (Å²) in [5.74, 6) is 0.167. The van der Waals surface area contributed by atoms with E-state index >= 15 is 0 Å². The van der Waals surface area contributed by atoms with Gasteiger partial charge >= 0.3 is 0 Å². The van der Waals surface area contributed by atoms with Crippen molar-refractivity contribution in [2.45, 2.75) is 41.5 Å². The Morgan fingerprint density at radius 3 is 0.562 bits per heavy atom. The second kappa shape index (κ2) is 19.5. The van der Waals surface area contributed by atoms with Gasteiger partial charge in [-0.3, -0.25) is 0 Å². The number of hydrogen-bond acceptors (Lipinski definition) is 1. The van der Waals surface area contributed by atoms with Gasteiger partial charge < -0.3 is 4.79 Å². The fourth-order valence-electron chi connectivity index (χ4n) is 2.14. The fraction of sp³-hybridized carbons (Fsp3) is 0.194. The Bertz CT molecular complexity index is 761. The highest BCUT2D eigenvalue weighted by atomic mass is 16.1. The Morgan fingerprint density at radius 2 is 0.500 bits per heavy atom. The van der Waals surface area contributed by atoms with E-state index in [-0.39, 0.29) is 5.78 Å². The smallest absolute Gasteiger partial charge is 0.126 e. The molecular formula is C31H38O. The normalized spacial score (nSPS) is 8.44. The maximum absolute atomic E-state index is 9.44. The maximum Gasteiger partial charge on any atom is 0.126 e. The zero-order valence-corrected chi connectivity index (χ0v) is 20.5. The average Bonchev–Trinajstić information content (AvgIpc) is 2.77. The molecule has 0 aliphatic rings. The summed E-state index contributed by atoms with van der Waals surface area (Å²) >= 11 is 0. The first-order chi connectivity index (χ1) is 15.3. The Morgan fingerprint density at radius 1 is 0.375 bits per heavy atom. The summed E-state index contributed by atoms with van der Waals surface area (Å²) in [7, 11) is 0. The van der Waals surface area contributed by atoms with E-state index in [9.17, 15) is 4.79 Å². The Hall–Kier alpha value is -3.45. The first-order valence-corrected chi connectivity index (χ1v) is 10.8. The van der Waals surface area contributed by atoms with Crippen LogP contribution in [-0.2, 0) is 4.79 Å². The summed E-state index contributed by atoms with van der Waals surface area (Å²) in [6, 6.07) is 41.0. The molecule has 1 nitrogen and oxygen atoms in total. The largest absolute Gasteiger partial charge is 0.300 e. The van der Waals surface area contributed by atoms with E-state index in [4.69, 9.17) is 0 Å². The molecule has 32 heavy (non-hydrogen) atoms. The lowest BCUT2D eigenvalue weighted by Gasteiger charge is -1.82. The van der Waals surface area contributed by atoms with Crippen molar-refractivity contribution in [3.05, 3.63) is 144 Å². The van der Waals surface area contributed by atoms with Gasteiger partial charge in [0.1, 0.15) is 5.78 Å². The first-order valence-electron chi connectivity index (χ1n) is 10.8. The third-order valence-corrected chi connectivity index (χ3v) is 3.76. The predicted molar refractivity (Wildman–Crippen MR) is 141 cm³/mol. The van der Waals surface area contributed by atoms with Crippen LogP contribution in [0.1, 0.15) is 36.1 Å². The van der Waals surface area contributed by atoms with E-state index in [0.29, 0.717) is 0 Å². The minimum Gasteiger partial charge on any atom is -0.300 e. The van der Waals surface area contributed by atoms with Gasteiger partial charge in [0.05, 0.1) is 0 Å². The number of ketones is 1. The molecule has 0 aliphatic carbocycles. The van der Waals surface area contributed by atoms with E-state index < -0.39 is 0 Å². The van der Waals surface area contributed by atoms with Gasteiger partial charge in [-0.1, -0.05) is 144 Å². The van der Waals surface area contributed by atoms with E-state index in [1.54, 1.807) is 0 Å². The van der Waals surface area contributed by atoms with Crippen LogP contribution in [-0.4, -0.2) is 5.78 Å². The summed E-state index contributed by atoms with van der Waals surface area (Å²) in [4.78, 5) is 9.44. The lowest BCUT2D eigenvalue weighted by molar-refractivity contribution is -0.114. The first kappa shape index (κ1) is 28.5. The molecule has 0 spiro atoms. The molecule has 0 aliphatic heterocycles. The van der Waals surface area contributed by atoms with Gasteiger partial charge in [-0.15, -0.1) is 0 Å². The summed E-state index contributed by atoms with van der Waals surface area (Å²) in [5.41, 5.74) is 5.29. The highest BCUT2D eigenvalue weighted by molar-refractivity contribution is 5.72. The number of hydrogen-bond donors (Lipinski definition) is 0. The van der Waals surface area contributed by atoms with Crippen molar-refractivity contribution in [3.63, 3.8) is 0 Å². The number of aryl methyl sites for hydroxylation is 4. The zero-order valence-electron chi connectivity index (χ0n) is 20.5. The van der Waals surface area contributed by atoms with Crippen molar-refractivity contribution in [1.29, 1.82) is 0 Å². The molecule has 0 saturated carbocycles. The second-order valence-electron chi connectivity index (χ2n) is 7.53. The van der Waals surface area contributed by atoms with Crippen molar-refractivity contribution in [1.82, 2.24) is 0 Å². The van der Waals surface area contributed by atoms with Crippen LogP contribution < -0.4 is 0 Å². The highest BCUT2D eigenvalue weighted by Gasteiger charge is 1.74. The van der Waals surface area contributed by atoms with E-state index in [1.165, 1.54) is 36.1 Å². The molecule has 0 unspecified atom stereocenters. The summed E-state index contributed by atoms with van der Waals surface area (Å²) < 4.78 is 0. The SMILES string of the molecule is CC(C)=O.Cc1ccccc1.Cc1ccccc1.Cc1ccccc1.Cc1ccccc1. The molecule has 0 heterocycles. The van der Waals surface area contributed by atoms with Gasteiger partial charge in [0, 0.05) is 0 Å². The van der Waals surface area contributed by atoms with Crippen LogP contribution in [0.4, 0.5) is 0 Å². The lowest BCUT2D eigenvalue weighted by atomic mass is 10.2. The molecule has 4 aromatic carbocycles. The number of rotatable bonds is 0. The van der Waals surface area contributed by atoms with Crippen LogP contribution in [0.2, 0.25) is 0 Å². The minimum absolute atomic E-state index is 0.167. The van der Waals surface area contributed by atoms with Crippen molar-refractivity contribution in [2.24, 2.45) is 0 Å². The summed E-state index contributed by atoms with van der Waals surface area (Å²) in [6.07, 6.45) is 0. The molecule has 0 aromatic heterocycles. The molecule has 0 amide bonds. The quantitative estimate of drug-likeness (QED) is 0.275.